The molecule has 0 aliphatic rings. The van der Waals surface area contributed by atoms with Crippen molar-refractivity contribution < 1.29 is 18.3 Å². The summed E-state index contributed by atoms with van der Waals surface area (Å²) in [6.07, 6.45) is 1.43. The Hall–Kier alpha value is -2.81. The highest BCUT2D eigenvalue weighted by atomic mass is 32.1. The van der Waals surface area contributed by atoms with Crippen LogP contribution in [-0.2, 0) is 13.6 Å². The average molecular weight is 393 g/mol. The zero-order chi connectivity index (χ0) is 19.7. The Morgan fingerprint density at radius 1 is 1.33 bits per heavy atom. The Bertz CT molecular complexity index is 1040. The largest absolute Gasteiger partial charge is 0.435 e. The Morgan fingerprint density at radius 2 is 2.00 bits per heavy atom. The monoisotopic (exact) mass is 393 g/mol. The van der Waals surface area contributed by atoms with Crippen molar-refractivity contribution in [2.24, 2.45) is 7.05 Å². The summed E-state index contributed by atoms with van der Waals surface area (Å²) in [5.41, 5.74) is 1.19. The highest BCUT2D eigenvalue weighted by Gasteiger charge is 2.21. The Kier molecular flexibility index (Phi) is 5.22. The molecular formula is C18H17F2N3O3S. The highest BCUT2D eigenvalue weighted by Crippen LogP contribution is 2.28. The van der Waals surface area contributed by atoms with Crippen molar-refractivity contribution in [1.29, 1.82) is 0 Å². The van der Waals surface area contributed by atoms with Gasteiger partial charge in [0.05, 0.1) is 16.6 Å². The third-order valence-corrected chi connectivity index (χ3v) is 5.31. The molecule has 0 fully saturated rings. The maximum absolute atomic E-state index is 12.8. The van der Waals surface area contributed by atoms with Gasteiger partial charge in [-0.15, -0.1) is 11.3 Å². The molecule has 2 aromatic heterocycles. The van der Waals surface area contributed by atoms with Crippen LogP contribution in [0.1, 0.15) is 20.8 Å². The molecule has 0 spiro atoms. The third-order valence-electron chi connectivity index (χ3n) is 4.12. The lowest BCUT2D eigenvalue weighted by atomic mass is 10.1. The van der Waals surface area contributed by atoms with Crippen LogP contribution in [0.3, 0.4) is 0 Å². The molecule has 9 heteroatoms. The van der Waals surface area contributed by atoms with Gasteiger partial charge < -0.3 is 14.2 Å². The predicted octanol–water partition coefficient (Wildman–Crippen LogP) is 3.18. The Balaban J connectivity index is 1.81. The lowest BCUT2D eigenvalue weighted by molar-refractivity contribution is -0.0498. The number of ether oxygens (including phenoxy) is 1. The molecule has 0 aliphatic carbocycles. The number of alkyl halides is 2. The van der Waals surface area contributed by atoms with Gasteiger partial charge in [0.1, 0.15) is 10.6 Å². The van der Waals surface area contributed by atoms with E-state index < -0.39 is 6.61 Å². The molecule has 0 saturated carbocycles. The SMILES string of the molecule is Cc1c(C(=O)N(C)Cc2ccc(OC(F)F)cc2)sc2ncn(C)c(=O)c12. The molecular weight excluding hydrogens is 376 g/mol. The van der Waals surface area contributed by atoms with E-state index in [1.165, 1.54) is 39.3 Å². The van der Waals surface area contributed by atoms with E-state index in [1.54, 1.807) is 33.2 Å². The fourth-order valence-corrected chi connectivity index (χ4v) is 3.84. The fourth-order valence-electron chi connectivity index (χ4n) is 2.71. The number of hydrogen-bond donors (Lipinski definition) is 0. The molecule has 0 unspecified atom stereocenters. The minimum absolute atomic E-state index is 0.0602. The molecule has 3 aromatic rings. The van der Waals surface area contributed by atoms with Crippen molar-refractivity contribution in [3.63, 3.8) is 0 Å². The van der Waals surface area contributed by atoms with Gasteiger partial charge in [0.15, 0.2) is 0 Å². The summed E-state index contributed by atoms with van der Waals surface area (Å²) in [4.78, 5) is 31.8. The van der Waals surface area contributed by atoms with Gasteiger partial charge in [-0.25, -0.2) is 4.98 Å². The number of fused-ring (bicyclic) bond motifs is 1. The van der Waals surface area contributed by atoms with Gasteiger partial charge in [-0.2, -0.15) is 8.78 Å². The fraction of sp³-hybridized carbons (Fsp3) is 0.278. The maximum atomic E-state index is 12.8. The minimum atomic E-state index is -2.88. The summed E-state index contributed by atoms with van der Waals surface area (Å²) in [6, 6.07) is 6.10. The maximum Gasteiger partial charge on any atom is 0.387 e. The minimum Gasteiger partial charge on any atom is -0.435 e. The number of carbonyl (C=O) groups is 1. The summed E-state index contributed by atoms with van der Waals surface area (Å²) in [5.74, 6) is -0.171. The molecule has 0 radical (unpaired) electrons. The number of aryl methyl sites for hydroxylation is 2. The molecule has 3 rings (SSSR count). The van der Waals surface area contributed by atoms with E-state index in [9.17, 15) is 18.4 Å². The van der Waals surface area contributed by atoms with Crippen LogP contribution >= 0.6 is 11.3 Å². The van der Waals surface area contributed by atoms with Gasteiger partial charge in [-0.05, 0) is 30.2 Å². The van der Waals surface area contributed by atoms with Gasteiger partial charge >= 0.3 is 6.61 Å². The molecule has 0 bridgehead atoms. The first-order valence-corrected chi connectivity index (χ1v) is 8.83. The summed E-state index contributed by atoms with van der Waals surface area (Å²) >= 11 is 1.18. The van der Waals surface area contributed by atoms with Crippen molar-refractivity contribution in [3.05, 3.63) is 57.0 Å². The number of halogens is 2. The first kappa shape index (κ1) is 19.0. The Labute approximate surface area is 157 Å². The smallest absolute Gasteiger partial charge is 0.387 e. The second-order valence-electron chi connectivity index (χ2n) is 6.08. The standard InChI is InChI=1S/C18H17F2N3O3S/c1-10-13-15(21-9-23(3)16(13)24)27-14(10)17(25)22(2)8-11-4-6-12(7-5-11)26-18(19)20/h4-7,9,18H,8H2,1-3H3. The number of benzene rings is 1. The van der Waals surface area contributed by atoms with Gasteiger partial charge in [0.2, 0.25) is 0 Å². The number of aromatic nitrogens is 2. The molecule has 0 saturated heterocycles. The zero-order valence-electron chi connectivity index (χ0n) is 14.9. The van der Waals surface area contributed by atoms with Crippen LogP contribution in [0.4, 0.5) is 8.78 Å². The number of thiophene rings is 1. The highest BCUT2D eigenvalue weighted by molar-refractivity contribution is 7.20. The van der Waals surface area contributed by atoms with E-state index in [0.29, 0.717) is 20.7 Å². The molecule has 0 aliphatic heterocycles. The normalized spacial score (nSPS) is 11.2. The van der Waals surface area contributed by atoms with Gasteiger partial charge in [-0.3, -0.25) is 9.59 Å². The van der Waals surface area contributed by atoms with Crippen LogP contribution in [0.5, 0.6) is 5.75 Å². The Morgan fingerprint density at radius 3 is 2.63 bits per heavy atom. The van der Waals surface area contributed by atoms with Crippen LogP contribution in [0.15, 0.2) is 35.4 Å². The number of rotatable bonds is 5. The van der Waals surface area contributed by atoms with Gasteiger partial charge in [0, 0.05) is 20.6 Å². The number of nitrogens with zero attached hydrogens (tertiary/aromatic N) is 3. The van der Waals surface area contributed by atoms with Crippen LogP contribution in [0.25, 0.3) is 10.2 Å². The molecule has 0 atom stereocenters. The van der Waals surface area contributed by atoms with E-state index >= 15 is 0 Å². The van der Waals surface area contributed by atoms with Crippen molar-refractivity contribution >= 4 is 27.5 Å². The van der Waals surface area contributed by atoms with Crippen molar-refractivity contribution in [2.45, 2.75) is 20.1 Å². The predicted molar refractivity (Wildman–Crippen MR) is 98.5 cm³/mol. The van der Waals surface area contributed by atoms with Gasteiger partial charge in [-0.1, -0.05) is 12.1 Å². The molecule has 1 aromatic carbocycles. The summed E-state index contributed by atoms with van der Waals surface area (Å²) in [6.45, 7) is -0.857. The zero-order valence-corrected chi connectivity index (χ0v) is 15.7. The van der Waals surface area contributed by atoms with Gasteiger partial charge in [0.25, 0.3) is 11.5 Å². The number of hydrogen-bond acceptors (Lipinski definition) is 5. The first-order valence-electron chi connectivity index (χ1n) is 8.02. The van der Waals surface area contributed by atoms with E-state index in [-0.39, 0.29) is 23.8 Å². The average Bonchev–Trinajstić information content (AvgIpc) is 2.96. The van der Waals surface area contributed by atoms with E-state index in [4.69, 9.17) is 0 Å². The van der Waals surface area contributed by atoms with Crippen LogP contribution < -0.4 is 10.3 Å². The molecule has 27 heavy (non-hydrogen) atoms. The molecule has 0 N–H and O–H groups in total. The lowest BCUT2D eigenvalue weighted by Crippen LogP contribution is -2.26. The second kappa shape index (κ2) is 7.43. The molecule has 6 nitrogen and oxygen atoms in total. The van der Waals surface area contributed by atoms with E-state index in [2.05, 4.69) is 9.72 Å². The van der Waals surface area contributed by atoms with Crippen molar-refractivity contribution in [1.82, 2.24) is 14.5 Å². The van der Waals surface area contributed by atoms with Crippen LogP contribution in [0.2, 0.25) is 0 Å². The summed E-state index contributed by atoms with van der Waals surface area (Å²) in [7, 11) is 3.25. The topological polar surface area (TPSA) is 64.4 Å². The lowest BCUT2D eigenvalue weighted by Gasteiger charge is -2.17. The van der Waals surface area contributed by atoms with Crippen LogP contribution in [0, 0.1) is 6.92 Å². The first-order chi connectivity index (χ1) is 12.8. The van der Waals surface area contributed by atoms with Crippen molar-refractivity contribution in [3.8, 4) is 5.75 Å². The molecule has 1 amide bonds. The van der Waals surface area contributed by atoms with E-state index in [1.807, 2.05) is 0 Å². The summed E-state index contributed by atoms with van der Waals surface area (Å²) < 4.78 is 30.1. The summed E-state index contributed by atoms with van der Waals surface area (Å²) in [5, 5.41) is 0.454. The quantitative estimate of drug-likeness (QED) is 0.668. The molecule has 142 valence electrons. The number of amides is 1. The van der Waals surface area contributed by atoms with Crippen molar-refractivity contribution in [2.75, 3.05) is 7.05 Å². The van der Waals surface area contributed by atoms with Crippen LogP contribution in [-0.4, -0.2) is 34.0 Å². The third kappa shape index (κ3) is 3.82. The van der Waals surface area contributed by atoms with E-state index in [0.717, 1.165) is 5.56 Å². The second-order valence-corrected chi connectivity index (χ2v) is 7.08. The number of carbonyl (C=O) groups excluding carboxylic acids is 1. The molecule has 2 heterocycles.